The molecule has 69 valence electrons. The second-order valence-corrected chi connectivity index (χ2v) is 6.21. The molecule has 0 spiro atoms. The van der Waals surface area contributed by atoms with Gasteiger partial charge in [-0.2, -0.15) is 0 Å². The zero-order valence-electron chi connectivity index (χ0n) is 8.60. The molecule has 2 atom stereocenters. The molecule has 0 aliphatic heterocycles. The average Bonchev–Trinajstić information content (AvgIpc) is 1.83. The van der Waals surface area contributed by atoms with Crippen molar-refractivity contribution < 1.29 is 0 Å². The van der Waals surface area contributed by atoms with Gasteiger partial charge in [0.15, 0.2) is 0 Å². The van der Waals surface area contributed by atoms with Crippen LogP contribution in [0.5, 0.6) is 0 Å². The average molecular weight is 277 g/mol. The molecule has 0 amide bonds. The summed E-state index contributed by atoms with van der Waals surface area (Å²) in [7, 11) is 5.85. The molecule has 0 nitrogen and oxygen atoms in total. The summed E-state index contributed by atoms with van der Waals surface area (Å²) >= 11 is 2.47. The van der Waals surface area contributed by atoms with E-state index in [9.17, 15) is 0 Å². The number of hydrogen-bond acceptors (Lipinski definition) is 0. The van der Waals surface area contributed by atoms with Crippen LogP contribution in [0.15, 0.2) is 0 Å². The van der Waals surface area contributed by atoms with Crippen LogP contribution < -0.4 is 0 Å². The zero-order valence-corrected chi connectivity index (χ0v) is 10.8. The van der Waals surface area contributed by atoms with Crippen LogP contribution in [-0.2, 0) is 0 Å². The van der Waals surface area contributed by atoms with Crippen LogP contribution in [0, 0.1) is 11.8 Å². The van der Waals surface area contributed by atoms with Crippen molar-refractivity contribution in [2.24, 2.45) is 11.8 Å². The number of alkyl halides is 1. The van der Waals surface area contributed by atoms with E-state index in [0.717, 1.165) is 15.3 Å². The Balaban J connectivity index is 3.96. The Labute approximate surface area is 91.7 Å². The molecule has 1 radical (unpaired) electrons. The van der Waals surface area contributed by atoms with E-state index in [1.54, 1.807) is 0 Å². The fraction of sp³-hybridized carbons (Fsp3) is 0.900. The van der Waals surface area contributed by atoms with Gasteiger partial charge in [0.2, 0.25) is 0 Å². The summed E-state index contributed by atoms with van der Waals surface area (Å²) in [5.74, 6) is 1.38. The summed E-state index contributed by atoms with van der Waals surface area (Å²) in [5.41, 5.74) is 1.10. The fourth-order valence-electron chi connectivity index (χ4n) is 1.43. The summed E-state index contributed by atoms with van der Waals surface area (Å²) < 4.78 is 0.727. The molecular formula is C10H19BI. The standard InChI is InChI=1S/C10H19BI/c1-7(2)5-10(9(4)11)6-8(3)12/h7-8,10H,5-6H2,1-4H3. The Kier molecular flexibility index (Phi) is 6.51. The first kappa shape index (κ1) is 12.7. The first-order valence-corrected chi connectivity index (χ1v) is 5.91. The van der Waals surface area contributed by atoms with Crippen molar-refractivity contribution in [2.45, 2.75) is 44.5 Å². The van der Waals surface area contributed by atoms with Gasteiger partial charge in [0.05, 0.1) is 0 Å². The molecule has 0 fully saturated rings. The maximum atomic E-state index is 5.85. The monoisotopic (exact) mass is 277 g/mol. The van der Waals surface area contributed by atoms with Gasteiger partial charge in [0.25, 0.3) is 0 Å². The first-order chi connectivity index (χ1) is 5.43. The van der Waals surface area contributed by atoms with Crippen molar-refractivity contribution >= 4 is 35.5 Å². The molecule has 0 aromatic heterocycles. The van der Waals surface area contributed by atoms with E-state index >= 15 is 0 Å². The van der Waals surface area contributed by atoms with Gasteiger partial charge in [-0.3, -0.25) is 0 Å². The van der Waals surface area contributed by atoms with Gasteiger partial charge in [-0.15, -0.1) is 0 Å². The Morgan fingerprint density at radius 2 is 1.75 bits per heavy atom. The molecule has 2 unspecified atom stereocenters. The van der Waals surface area contributed by atoms with Crippen molar-refractivity contribution in [1.29, 1.82) is 0 Å². The first-order valence-electron chi connectivity index (χ1n) is 4.66. The predicted octanol–water partition coefficient (Wildman–Crippen LogP) is 3.22. The fourth-order valence-corrected chi connectivity index (χ4v) is 2.04. The van der Waals surface area contributed by atoms with E-state index in [4.69, 9.17) is 7.49 Å². The van der Waals surface area contributed by atoms with Crippen molar-refractivity contribution in [2.75, 3.05) is 0 Å². The molecule has 0 saturated carbocycles. The SMILES string of the molecule is [B]=C(C)C(CC(C)C)CC(C)I. The Morgan fingerprint density at radius 1 is 1.25 bits per heavy atom. The maximum absolute atomic E-state index is 5.85. The molecular weight excluding hydrogens is 258 g/mol. The Bertz CT molecular complexity index is 131. The molecule has 0 aromatic rings. The van der Waals surface area contributed by atoms with Gasteiger partial charge < -0.3 is 0 Å². The third kappa shape index (κ3) is 6.21. The van der Waals surface area contributed by atoms with Gasteiger partial charge in [0, 0.05) is 0 Å². The van der Waals surface area contributed by atoms with E-state index in [2.05, 4.69) is 43.4 Å². The molecule has 0 aliphatic carbocycles. The van der Waals surface area contributed by atoms with Gasteiger partial charge in [0.1, 0.15) is 0 Å². The summed E-state index contributed by atoms with van der Waals surface area (Å²) in [6.45, 7) is 8.81. The second kappa shape index (κ2) is 6.17. The third-order valence-electron chi connectivity index (χ3n) is 2.01. The van der Waals surface area contributed by atoms with Crippen LogP contribution in [0.25, 0.3) is 0 Å². The Hall–Kier alpha value is 0.665. The van der Waals surface area contributed by atoms with Gasteiger partial charge in [-0.05, 0) is 0 Å². The van der Waals surface area contributed by atoms with Crippen molar-refractivity contribution in [3.8, 4) is 0 Å². The van der Waals surface area contributed by atoms with E-state index < -0.39 is 0 Å². The van der Waals surface area contributed by atoms with Gasteiger partial charge in [-0.25, -0.2) is 0 Å². The van der Waals surface area contributed by atoms with E-state index in [1.807, 2.05) is 6.92 Å². The van der Waals surface area contributed by atoms with E-state index in [0.29, 0.717) is 5.92 Å². The third-order valence-corrected chi connectivity index (χ3v) is 2.52. The van der Waals surface area contributed by atoms with Crippen LogP contribution >= 0.6 is 22.6 Å². The van der Waals surface area contributed by atoms with Crippen LogP contribution in [0.1, 0.15) is 40.5 Å². The molecule has 0 saturated heterocycles. The van der Waals surface area contributed by atoms with E-state index in [1.165, 1.54) is 12.8 Å². The predicted molar refractivity (Wildman–Crippen MR) is 67.5 cm³/mol. The van der Waals surface area contributed by atoms with Crippen molar-refractivity contribution in [3.63, 3.8) is 0 Å². The van der Waals surface area contributed by atoms with Gasteiger partial charge in [-0.1, -0.05) is 0 Å². The topological polar surface area (TPSA) is 0 Å². The van der Waals surface area contributed by atoms with Gasteiger partial charge >= 0.3 is 91.8 Å². The minimum absolute atomic E-state index is 0.622. The summed E-state index contributed by atoms with van der Waals surface area (Å²) in [6, 6.07) is 0. The van der Waals surface area contributed by atoms with Crippen LogP contribution in [0.2, 0.25) is 0 Å². The quantitative estimate of drug-likeness (QED) is 0.411. The number of rotatable bonds is 5. The summed E-state index contributed by atoms with van der Waals surface area (Å²) in [4.78, 5) is 0. The van der Waals surface area contributed by atoms with Crippen LogP contribution in [-0.4, -0.2) is 16.9 Å². The Morgan fingerprint density at radius 3 is 2.00 bits per heavy atom. The molecule has 0 heterocycles. The molecule has 0 aromatic carbocycles. The van der Waals surface area contributed by atoms with Crippen molar-refractivity contribution in [1.82, 2.24) is 0 Å². The second-order valence-electron chi connectivity index (χ2n) is 4.09. The molecule has 2 heteroatoms. The normalized spacial score (nSPS) is 16.1. The van der Waals surface area contributed by atoms with Crippen LogP contribution in [0.3, 0.4) is 0 Å². The number of halogens is 1. The number of hydrogen-bond donors (Lipinski definition) is 0. The van der Waals surface area contributed by atoms with E-state index in [-0.39, 0.29) is 0 Å². The molecule has 0 bridgehead atoms. The van der Waals surface area contributed by atoms with Crippen LogP contribution in [0.4, 0.5) is 0 Å². The molecule has 12 heavy (non-hydrogen) atoms. The van der Waals surface area contributed by atoms with Crippen molar-refractivity contribution in [3.05, 3.63) is 0 Å². The summed E-state index contributed by atoms with van der Waals surface area (Å²) in [6.07, 6.45) is 2.46. The molecule has 0 rings (SSSR count). The molecule has 0 N–H and O–H groups in total. The zero-order chi connectivity index (χ0) is 9.72. The minimum atomic E-state index is 0.622. The summed E-state index contributed by atoms with van der Waals surface area (Å²) in [5, 5.41) is 0. The molecule has 0 aliphatic rings.